The lowest BCUT2D eigenvalue weighted by atomic mass is 10.2. The van der Waals surface area contributed by atoms with Gasteiger partial charge in [0.1, 0.15) is 28.7 Å². The van der Waals surface area contributed by atoms with Crippen molar-refractivity contribution in [2.24, 2.45) is 4.99 Å². The average Bonchev–Trinajstić information content (AvgIpc) is 3.35. The molecule has 4 aromatic rings. The van der Waals surface area contributed by atoms with Crippen LogP contribution in [0, 0.1) is 6.92 Å². The van der Waals surface area contributed by atoms with Crippen LogP contribution in [0.3, 0.4) is 0 Å². The Morgan fingerprint density at radius 3 is 2.33 bits per heavy atom. The number of methoxy groups -OCH3 is 2. The monoisotopic (exact) mass is 504 g/mol. The van der Waals surface area contributed by atoms with Gasteiger partial charge in [0, 0.05) is 12.6 Å². The first-order chi connectivity index (χ1) is 17.4. The summed E-state index contributed by atoms with van der Waals surface area (Å²) in [5, 5.41) is 0. The first kappa shape index (κ1) is 25.2. The SMILES string of the molecule is COc1ccc(N=Cc2ccc(CN(Cc3ccccc3)S(=O)(=O)c3ccc(C)cc3)o2)c(OC)c1. The molecule has 0 unspecified atom stereocenters. The van der Waals surface area contributed by atoms with E-state index in [1.165, 1.54) is 4.31 Å². The van der Waals surface area contributed by atoms with Crippen LogP contribution in [0.2, 0.25) is 0 Å². The molecule has 0 atom stereocenters. The molecule has 36 heavy (non-hydrogen) atoms. The Kier molecular flexibility index (Phi) is 7.87. The maximum atomic E-state index is 13.5. The van der Waals surface area contributed by atoms with Gasteiger partial charge in [-0.25, -0.2) is 13.4 Å². The molecular formula is C28H28N2O5S. The molecule has 3 aromatic carbocycles. The third-order valence-corrected chi connectivity index (χ3v) is 7.40. The van der Waals surface area contributed by atoms with E-state index >= 15 is 0 Å². The molecule has 0 radical (unpaired) electrons. The van der Waals surface area contributed by atoms with Crippen molar-refractivity contribution in [3.8, 4) is 11.5 Å². The van der Waals surface area contributed by atoms with E-state index in [0.717, 1.165) is 11.1 Å². The zero-order valence-corrected chi connectivity index (χ0v) is 21.2. The van der Waals surface area contributed by atoms with Crippen LogP contribution in [-0.2, 0) is 23.1 Å². The van der Waals surface area contributed by atoms with Crippen molar-refractivity contribution in [2.75, 3.05) is 14.2 Å². The van der Waals surface area contributed by atoms with Gasteiger partial charge in [0.2, 0.25) is 10.0 Å². The molecule has 0 fully saturated rings. The largest absolute Gasteiger partial charge is 0.497 e. The predicted molar refractivity (Wildman–Crippen MR) is 140 cm³/mol. The van der Waals surface area contributed by atoms with Crippen LogP contribution in [0.5, 0.6) is 11.5 Å². The van der Waals surface area contributed by atoms with Gasteiger partial charge < -0.3 is 13.9 Å². The van der Waals surface area contributed by atoms with Gasteiger partial charge in [0.25, 0.3) is 0 Å². The minimum Gasteiger partial charge on any atom is -0.497 e. The van der Waals surface area contributed by atoms with Crippen molar-refractivity contribution in [2.45, 2.75) is 24.9 Å². The van der Waals surface area contributed by atoms with E-state index in [0.29, 0.717) is 28.7 Å². The topological polar surface area (TPSA) is 81.3 Å². The third-order valence-electron chi connectivity index (χ3n) is 5.59. The molecule has 4 rings (SSSR count). The van der Waals surface area contributed by atoms with Gasteiger partial charge in [-0.15, -0.1) is 0 Å². The van der Waals surface area contributed by atoms with E-state index in [2.05, 4.69) is 4.99 Å². The molecule has 0 aliphatic carbocycles. The van der Waals surface area contributed by atoms with Crippen molar-refractivity contribution in [1.82, 2.24) is 4.31 Å². The fraction of sp³-hybridized carbons (Fsp3) is 0.179. The Labute approximate surface area is 211 Å². The summed E-state index contributed by atoms with van der Waals surface area (Å²) in [4.78, 5) is 4.70. The fourth-order valence-corrected chi connectivity index (χ4v) is 5.01. The van der Waals surface area contributed by atoms with Crippen LogP contribution in [0.1, 0.15) is 22.6 Å². The van der Waals surface area contributed by atoms with E-state index in [-0.39, 0.29) is 18.0 Å². The van der Waals surface area contributed by atoms with E-state index in [4.69, 9.17) is 13.9 Å². The molecule has 186 valence electrons. The molecule has 0 saturated heterocycles. The molecule has 0 aliphatic heterocycles. The lowest BCUT2D eigenvalue weighted by molar-refractivity contribution is 0.357. The minimum atomic E-state index is -3.76. The Hall–Kier alpha value is -3.88. The number of furan rings is 1. The summed E-state index contributed by atoms with van der Waals surface area (Å²) in [7, 11) is -0.615. The number of hydrogen-bond donors (Lipinski definition) is 0. The van der Waals surface area contributed by atoms with Gasteiger partial charge >= 0.3 is 0 Å². The summed E-state index contributed by atoms with van der Waals surface area (Å²) >= 11 is 0. The molecular weight excluding hydrogens is 476 g/mol. The van der Waals surface area contributed by atoms with Crippen LogP contribution in [0.15, 0.2) is 99.2 Å². The number of hydrogen-bond acceptors (Lipinski definition) is 6. The van der Waals surface area contributed by atoms with Crippen LogP contribution >= 0.6 is 0 Å². The number of sulfonamides is 1. The average molecular weight is 505 g/mol. The second-order valence-corrected chi connectivity index (χ2v) is 10.1. The molecule has 1 aromatic heterocycles. The Morgan fingerprint density at radius 1 is 0.889 bits per heavy atom. The standard InChI is InChI=1S/C28H28N2O5S/c1-21-9-14-26(15-10-21)36(31,32)30(19-22-7-5-4-6-8-22)20-25-12-11-24(35-25)18-29-27-16-13-23(33-2)17-28(27)34-3/h4-18H,19-20H2,1-3H3. The van der Waals surface area contributed by atoms with Crippen molar-refractivity contribution in [3.63, 3.8) is 0 Å². The third kappa shape index (κ3) is 6.02. The number of benzene rings is 3. The lowest BCUT2D eigenvalue weighted by Crippen LogP contribution is -2.30. The molecule has 0 bridgehead atoms. The number of aryl methyl sites for hydroxylation is 1. The number of rotatable bonds is 10. The Morgan fingerprint density at radius 2 is 1.64 bits per heavy atom. The van der Waals surface area contributed by atoms with Crippen molar-refractivity contribution in [1.29, 1.82) is 0 Å². The quantitative estimate of drug-likeness (QED) is 0.257. The van der Waals surface area contributed by atoms with E-state index < -0.39 is 10.0 Å². The van der Waals surface area contributed by atoms with Crippen LogP contribution in [0.25, 0.3) is 0 Å². The number of aliphatic imine (C=N–C) groups is 1. The van der Waals surface area contributed by atoms with Crippen molar-refractivity contribution < 1.29 is 22.3 Å². The van der Waals surface area contributed by atoms with Crippen LogP contribution in [-0.4, -0.2) is 33.2 Å². The molecule has 0 aliphatic rings. The Balaban J connectivity index is 1.58. The zero-order valence-electron chi connectivity index (χ0n) is 20.4. The first-order valence-corrected chi connectivity index (χ1v) is 12.8. The van der Waals surface area contributed by atoms with Crippen LogP contribution in [0.4, 0.5) is 5.69 Å². The van der Waals surface area contributed by atoms with Gasteiger partial charge in [0.05, 0.1) is 31.9 Å². The van der Waals surface area contributed by atoms with Crippen LogP contribution < -0.4 is 9.47 Å². The van der Waals surface area contributed by atoms with Gasteiger partial charge in [0.15, 0.2) is 0 Å². The highest BCUT2D eigenvalue weighted by atomic mass is 32.2. The Bertz CT molecular complexity index is 1430. The zero-order chi connectivity index (χ0) is 25.5. The van der Waals surface area contributed by atoms with E-state index in [1.54, 1.807) is 75.0 Å². The normalized spacial score (nSPS) is 11.8. The van der Waals surface area contributed by atoms with E-state index in [9.17, 15) is 8.42 Å². The highest BCUT2D eigenvalue weighted by Gasteiger charge is 2.26. The summed E-state index contributed by atoms with van der Waals surface area (Å²) in [6.07, 6.45) is 1.57. The fourth-order valence-electron chi connectivity index (χ4n) is 3.62. The van der Waals surface area contributed by atoms with Gasteiger partial charge in [-0.1, -0.05) is 48.0 Å². The number of nitrogens with zero attached hydrogens (tertiary/aromatic N) is 2. The molecule has 8 heteroatoms. The summed E-state index contributed by atoms with van der Waals surface area (Å²) in [5.41, 5.74) is 2.49. The smallest absolute Gasteiger partial charge is 0.243 e. The first-order valence-electron chi connectivity index (χ1n) is 11.3. The summed E-state index contributed by atoms with van der Waals surface area (Å²) in [6, 6.07) is 25.2. The van der Waals surface area contributed by atoms with Gasteiger partial charge in [-0.3, -0.25) is 0 Å². The van der Waals surface area contributed by atoms with Gasteiger partial charge in [-0.05, 0) is 48.9 Å². The highest BCUT2D eigenvalue weighted by Crippen LogP contribution is 2.31. The second-order valence-electron chi connectivity index (χ2n) is 8.17. The highest BCUT2D eigenvalue weighted by molar-refractivity contribution is 7.89. The molecule has 1 heterocycles. The lowest BCUT2D eigenvalue weighted by Gasteiger charge is -2.21. The maximum absolute atomic E-state index is 13.5. The predicted octanol–water partition coefficient (Wildman–Crippen LogP) is 5.75. The summed E-state index contributed by atoms with van der Waals surface area (Å²) < 4.78 is 45.0. The summed E-state index contributed by atoms with van der Waals surface area (Å²) in [5.74, 6) is 2.23. The molecule has 0 amide bonds. The number of ether oxygens (including phenoxy) is 2. The maximum Gasteiger partial charge on any atom is 0.243 e. The van der Waals surface area contributed by atoms with Crippen molar-refractivity contribution >= 4 is 21.9 Å². The molecule has 0 spiro atoms. The molecule has 7 nitrogen and oxygen atoms in total. The molecule has 0 saturated carbocycles. The second kappa shape index (κ2) is 11.2. The molecule has 0 N–H and O–H groups in total. The minimum absolute atomic E-state index is 0.0742. The summed E-state index contributed by atoms with van der Waals surface area (Å²) in [6.45, 7) is 2.21. The van der Waals surface area contributed by atoms with Crippen molar-refractivity contribution in [3.05, 3.63) is 108 Å². The van der Waals surface area contributed by atoms with Gasteiger partial charge in [-0.2, -0.15) is 4.31 Å². The van der Waals surface area contributed by atoms with E-state index in [1.807, 2.05) is 37.3 Å².